The molecule has 2 unspecified atom stereocenters. The van der Waals surface area contributed by atoms with E-state index in [0.717, 1.165) is 12.0 Å². The van der Waals surface area contributed by atoms with E-state index in [1.54, 1.807) is 21.3 Å². The normalized spacial score (nSPS) is 13.7. The first-order valence-corrected chi connectivity index (χ1v) is 6.79. The zero-order chi connectivity index (χ0) is 15.1. The molecule has 114 valence electrons. The van der Waals surface area contributed by atoms with Crippen molar-refractivity contribution in [1.82, 2.24) is 0 Å². The van der Waals surface area contributed by atoms with Crippen molar-refractivity contribution in [1.29, 1.82) is 0 Å². The predicted molar refractivity (Wildman–Crippen MR) is 78.8 cm³/mol. The number of nitrogens with two attached hydrogens (primary N) is 1. The largest absolute Gasteiger partial charge is 0.496 e. The minimum Gasteiger partial charge on any atom is -0.496 e. The maximum absolute atomic E-state index is 9.31. The van der Waals surface area contributed by atoms with Gasteiger partial charge in [0.1, 0.15) is 17.2 Å². The highest BCUT2D eigenvalue weighted by Crippen LogP contribution is 2.41. The molecule has 1 aromatic rings. The summed E-state index contributed by atoms with van der Waals surface area (Å²) in [4.78, 5) is 0. The lowest BCUT2D eigenvalue weighted by Crippen LogP contribution is -2.29. The maximum Gasteiger partial charge on any atom is 0.129 e. The standard InChI is InChI=1S/C15H25NO4/c1-5-12(16)11(6-7-17)15-13(19-3)8-10(18-2)9-14(15)20-4/h8-9,11-12,17H,5-7,16H2,1-4H3. The lowest BCUT2D eigenvalue weighted by molar-refractivity contribution is 0.261. The van der Waals surface area contributed by atoms with Gasteiger partial charge in [-0.3, -0.25) is 0 Å². The smallest absolute Gasteiger partial charge is 0.129 e. The van der Waals surface area contributed by atoms with Gasteiger partial charge in [-0.25, -0.2) is 0 Å². The van der Waals surface area contributed by atoms with Gasteiger partial charge in [0.05, 0.1) is 21.3 Å². The summed E-state index contributed by atoms with van der Waals surface area (Å²) in [6.45, 7) is 2.09. The SMILES string of the molecule is CCC(N)C(CCO)c1c(OC)cc(OC)cc1OC. The molecule has 2 atom stereocenters. The van der Waals surface area contributed by atoms with Gasteiger partial charge in [-0.1, -0.05) is 6.92 Å². The summed E-state index contributed by atoms with van der Waals surface area (Å²) < 4.78 is 16.2. The quantitative estimate of drug-likeness (QED) is 0.762. The molecule has 0 aliphatic carbocycles. The lowest BCUT2D eigenvalue weighted by Gasteiger charge is -2.26. The van der Waals surface area contributed by atoms with Gasteiger partial charge in [-0.05, 0) is 12.8 Å². The van der Waals surface area contributed by atoms with Crippen LogP contribution in [0.2, 0.25) is 0 Å². The molecular formula is C15H25NO4. The van der Waals surface area contributed by atoms with Crippen molar-refractivity contribution < 1.29 is 19.3 Å². The minimum absolute atomic E-state index is 0.0270. The van der Waals surface area contributed by atoms with E-state index in [-0.39, 0.29) is 18.6 Å². The van der Waals surface area contributed by atoms with Gasteiger partial charge in [0.15, 0.2) is 0 Å². The highest BCUT2D eigenvalue weighted by molar-refractivity contribution is 5.53. The lowest BCUT2D eigenvalue weighted by atomic mass is 9.86. The number of hydrogen-bond acceptors (Lipinski definition) is 5. The van der Waals surface area contributed by atoms with Gasteiger partial charge < -0.3 is 25.1 Å². The molecule has 0 aliphatic rings. The number of ether oxygens (including phenoxy) is 3. The van der Waals surface area contributed by atoms with Crippen LogP contribution in [0.15, 0.2) is 12.1 Å². The number of aliphatic hydroxyl groups is 1. The Morgan fingerprint density at radius 2 is 1.65 bits per heavy atom. The van der Waals surface area contributed by atoms with Crippen LogP contribution < -0.4 is 19.9 Å². The van der Waals surface area contributed by atoms with Crippen LogP contribution in [-0.4, -0.2) is 39.1 Å². The second-order valence-electron chi connectivity index (χ2n) is 4.64. The second-order valence-corrected chi connectivity index (χ2v) is 4.64. The molecule has 1 aromatic carbocycles. The topological polar surface area (TPSA) is 73.9 Å². The zero-order valence-corrected chi connectivity index (χ0v) is 12.7. The van der Waals surface area contributed by atoms with Crippen LogP contribution in [-0.2, 0) is 0 Å². The first-order valence-electron chi connectivity index (χ1n) is 6.79. The summed E-state index contributed by atoms with van der Waals surface area (Å²) in [6.07, 6.45) is 1.37. The highest BCUT2D eigenvalue weighted by atomic mass is 16.5. The van der Waals surface area contributed by atoms with E-state index in [1.807, 2.05) is 19.1 Å². The van der Waals surface area contributed by atoms with Gasteiger partial charge in [0.25, 0.3) is 0 Å². The predicted octanol–water partition coefficient (Wildman–Crippen LogP) is 1.92. The summed E-state index contributed by atoms with van der Waals surface area (Å²) >= 11 is 0. The Labute approximate surface area is 120 Å². The van der Waals surface area contributed by atoms with Crippen LogP contribution in [0.25, 0.3) is 0 Å². The monoisotopic (exact) mass is 283 g/mol. The number of benzene rings is 1. The van der Waals surface area contributed by atoms with Gasteiger partial charge in [0, 0.05) is 36.3 Å². The molecule has 1 rings (SSSR count). The Hall–Kier alpha value is -1.46. The molecule has 0 radical (unpaired) electrons. The third-order valence-electron chi connectivity index (χ3n) is 3.55. The fourth-order valence-electron chi connectivity index (χ4n) is 2.39. The van der Waals surface area contributed by atoms with E-state index >= 15 is 0 Å². The van der Waals surface area contributed by atoms with Crippen molar-refractivity contribution in [3.63, 3.8) is 0 Å². The third-order valence-corrected chi connectivity index (χ3v) is 3.55. The van der Waals surface area contributed by atoms with Gasteiger partial charge in [-0.2, -0.15) is 0 Å². The van der Waals surface area contributed by atoms with Gasteiger partial charge in [-0.15, -0.1) is 0 Å². The molecule has 0 saturated heterocycles. The van der Waals surface area contributed by atoms with Crippen LogP contribution in [0, 0.1) is 0 Å². The molecule has 0 bridgehead atoms. The molecule has 0 heterocycles. The fraction of sp³-hybridized carbons (Fsp3) is 0.600. The highest BCUT2D eigenvalue weighted by Gasteiger charge is 2.26. The van der Waals surface area contributed by atoms with E-state index in [0.29, 0.717) is 23.7 Å². The number of aliphatic hydroxyl groups excluding tert-OH is 1. The van der Waals surface area contributed by atoms with Crippen LogP contribution >= 0.6 is 0 Å². The van der Waals surface area contributed by atoms with Crippen molar-refractivity contribution in [2.24, 2.45) is 5.73 Å². The average Bonchev–Trinajstić information content (AvgIpc) is 2.50. The summed E-state index contributed by atoms with van der Waals surface area (Å²) in [6, 6.07) is 3.55. The molecule has 20 heavy (non-hydrogen) atoms. The Balaban J connectivity index is 3.37. The van der Waals surface area contributed by atoms with E-state index in [4.69, 9.17) is 19.9 Å². The third kappa shape index (κ3) is 3.55. The van der Waals surface area contributed by atoms with Crippen LogP contribution in [0.5, 0.6) is 17.2 Å². The van der Waals surface area contributed by atoms with Gasteiger partial charge in [0.2, 0.25) is 0 Å². The summed E-state index contributed by atoms with van der Waals surface area (Å²) in [7, 11) is 4.80. The molecule has 0 aromatic heterocycles. The molecular weight excluding hydrogens is 258 g/mol. The molecule has 3 N–H and O–H groups in total. The summed E-state index contributed by atoms with van der Waals surface area (Å²) in [5.74, 6) is 1.98. The van der Waals surface area contributed by atoms with Crippen molar-refractivity contribution in [3.05, 3.63) is 17.7 Å². The molecule has 0 saturated carbocycles. The van der Waals surface area contributed by atoms with E-state index < -0.39 is 0 Å². The first kappa shape index (κ1) is 16.6. The molecule has 0 aliphatic heterocycles. The van der Waals surface area contributed by atoms with E-state index in [1.165, 1.54) is 0 Å². The molecule has 5 heteroatoms. The summed E-state index contributed by atoms with van der Waals surface area (Å²) in [5, 5.41) is 9.31. The fourth-order valence-corrected chi connectivity index (χ4v) is 2.39. The molecule has 0 amide bonds. The Kier molecular flexibility index (Phi) is 6.61. The number of methoxy groups -OCH3 is 3. The van der Waals surface area contributed by atoms with Crippen LogP contribution in [0.4, 0.5) is 0 Å². The molecule has 0 spiro atoms. The Morgan fingerprint density at radius 1 is 1.10 bits per heavy atom. The Bertz CT molecular complexity index is 397. The van der Waals surface area contributed by atoms with Crippen molar-refractivity contribution in [2.75, 3.05) is 27.9 Å². The summed E-state index contributed by atoms with van der Waals surface area (Å²) in [5.41, 5.74) is 7.09. The zero-order valence-electron chi connectivity index (χ0n) is 12.7. The van der Waals surface area contributed by atoms with Crippen LogP contribution in [0.3, 0.4) is 0 Å². The number of hydrogen-bond donors (Lipinski definition) is 2. The van der Waals surface area contributed by atoms with E-state index in [2.05, 4.69) is 0 Å². The maximum atomic E-state index is 9.31. The number of rotatable bonds is 8. The Morgan fingerprint density at radius 3 is 2.00 bits per heavy atom. The molecule has 5 nitrogen and oxygen atoms in total. The van der Waals surface area contributed by atoms with E-state index in [9.17, 15) is 5.11 Å². The first-order chi connectivity index (χ1) is 9.62. The molecule has 0 fully saturated rings. The van der Waals surface area contributed by atoms with Crippen molar-refractivity contribution in [3.8, 4) is 17.2 Å². The minimum atomic E-state index is -0.0710. The van der Waals surface area contributed by atoms with Crippen LogP contribution in [0.1, 0.15) is 31.2 Å². The van der Waals surface area contributed by atoms with Crippen molar-refractivity contribution >= 4 is 0 Å². The van der Waals surface area contributed by atoms with Crippen molar-refractivity contribution in [2.45, 2.75) is 31.7 Å². The average molecular weight is 283 g/mol. The van der Waals surface area contributed by atoms with Gasteiger partial charge >= 0.3 is 0 Å². The second kappa shape index (κ2) is 7.97.